The zero-order valence-corrected chi connectivity index (χ0v) is 13.8. The van der Waals surface area contributed by atoms with E-state index in [1.807, 2.05) is 28.9 Å². The molecule has 2 heterocycles. The van der Waals surface area contributed by atoms with Crippen LogP contribution in [0.1, 0.15) is 45.3 Å². The quantitative estimate of drug-likeness (QED) is 0.786. The van der Waals surface area contributed by atoms with Gasteiger partial charge in [0, 0.05) is 12.0 Å². The van der Waals surface area contributed by atoms with Crippen LogP contribution >= 0.6 is 0 Å². The van der Waals surface area contributed by atoms with Crippen LogP contribution in [0, 0.1) is 0 Å². The summed E-state index contributed by atoms with van der Waals surface area (Å²) < 4.78 is 1.91. The largest absolute Gasteiger partial charge is 0.342 e. The van der Waals surface area contributed by atoms with Crippen molar-refractivity contribution in [2.75, 3.05) is 0 Å². The Hall–Kier alpha value is -2.95. The molecule has 1 aliphatic heterocycles. The van der Waals surface area contributed by atoms with E-state index >= 15 is 0 Å². The number of hydrogen-bond donors (Lipinski definition) is 1. The van der Waals surface area contributed by atoms with Crippen LogP contribution in [0.25, 0.3) is 5.69 Å². The van der Waals surface area contributed by atoms with Crippen LogP contribution in [0.15, 0.2) is 48.8 Å². The minimum atomic E-state index is -0.165. The van der Waals surface area contributed by atoms with Crippen LogP contribution in [-0.4, -0.2) is 20.7 Å². The molecule has 0 fully saturated rings. The Kier molecular flexibility index (Phi) is 3.20. The van der Waals surface area contributed by atoms with E-state index in [4.69, 9.17) is 0 Å². The third kappa shape index (κ3) is 2.27. The summed E-state index contributed by atoms with van der Waals surface area (Å²) in [6, 6.07) is 14.0. The number of amides is 1. The van der Waals surface area contributed by atoms with Crippen LogP contribution in [-0.2, 0) is 19.3 Å². The second-order valence-electron chi connectivity index (χ2n) is 6.69. The Bertz CT molecular complexity index is 975. The number of rotatable bonds is 2. The summed E-state index contributed by atoms with van der Waals surface area (Å²) in [5.41, 5.74) is 5.67. The summed E-state index contributed by atoms with van der Waals surface area (Å²) in [5, 5.41) is 7.56. The maximum absolute atomic E-state index is 12.5. The first-order valence-corrected chi connectivity index (χ1v) is 8.71. The molecule has 0 bridgehead atoms. The topological polar surface area (TPSA) is 59.8 Å². The van der Waals surface area contributed by atoms with Crippen molar-refractivity contribution in [1.82, 2.24) is 20.1 Å². The molecule has 25 heavy (non-hydrogen) atoms. The van der Waals surface area contributed by atoms with E-state index in [2.05, 4.69) is 33.6 Å². The fourth-order valence-corrected chi connectivity index (χ4v) is 4.05. The van der Waals surface area contributed by atoms with Crippen molar-refractivity contribution in [3.63, 3.8) is 0 Å². The van der Waals surface area contributed by atoms with Crippen molar-refractivity contribution in [2.24, 2.45) is 0 Å². The van der Waals surface area contributed by atoms with Gasteiger partial charge in [0.1, 0.15) is 6.33 Å². The van der Waals surface area contributed by atoms with Gasteiger partial charge < -0.3 is 5.32 Å². The number of nitrogens with one attached hydrogen (secondary N) is 1. The summed E-state index contributed by atoms with van der Waals surface area (Å²) in [6.07, 6.45) is 5.70. The Morgan fingerprint density at radius 2 is 1.92 bits per heavy atom. The molecule has 124 valence electrons. The minimum absolute atomic E-state index is 0.0420. The molecule has 1 unspecified atom stereocenters. The van der Waals surface area contributed by atoms with E-state index in [1.165, 1.54) is 17.5 Å². The summed E-state index contributed by atoms with van der Waals surface area (Å²) >= 11 is 0. The van der Waals surface area contributed by atoms with Gasteiger partial charge in [-0.25, -0.2) is 9.67 Å². The lowest BCUT2D eigenvalue weighted by Gasteiger charge is -2.25. The van der Waals surface area contributed by atoms with Gasteiger partial charge in [-0.15, -0.1) is 0 Å². The van der Waals surface area contributed by atoms with Gasteiger partial charge in [-0.2, -0.15) is 5.10 Å². The molecule has 5 nitrogen and oxygen atoms in total. The maximum Gasteiger partial charge on any atom is 0.252 e. The van der Waals surface area contributed by atoms with E-state index < -0.39 is 0 Å². The fourth-order valence-electron chi connectivity index (χ4n) is 4.05. The molecule has 1 N–H and O–H groups in total. The molecule has 3 aromatic rings. The number of aryl methyl sites for hydroxylation is 1. The summed E-state index contributed by atoms with van der Waals surface area (Å²) in [5.74, 6) is 0.753. The molecule has 0 spiro atoms. The SMILES string of the molecule is O=C1NC(c2ncnn2-c2cccc3c2CCC3)Cc2ccccc21. The molecule has 1 aromatic heterocycles. The van der Waals surface area contributed by atoms with Gasteiger partial charge >= 0.3 is 0 Å². The van der Waals surface area contributed by atoms with Crippen LogP contribution in [0.3, 0.4) is 0 Å². The first kappa shape index (κ1) is 14.4. The van der Waals surface area contributed by atoms with Crippen molar-refractivity contribution in [1.29, 1.82) is 0 Å². The zero-order chi connectivity index (χ0) is 16.8. The molecule has 5 rings (SSSR count). The van der Waals surface area contributed by atoms with E-state index in [9.17, 15) is 4.79 Å². The average molecular weight is 330 g/mol. The second-order valence-corrected chi connectivity index (χ2v) is 6.69. The molecule has 0 radical (unpaired) electrons. The Balaban J connectivity index is 1.57. The predicted octanol–water partition coefficient (Wildman–Crippen LogP) is 2.78. The van der Waals surface area contributed by atoms with Gasteiger partial charge in [-0.1, -0.05) is 30.3 Å². The first-order valence-electron chi connectivity index (χ1n) is 8.71. The van der Waals surface area contributed by atoms with Gasteiger partial charge in [0.05, 0.1) is 11.7 Å². The number of carbonyl (C=O) groups excluding carboxylic acids is 1. The van der Waals surface area contributed by atoms with Crippen LogP contribution in [0.4, 0.5) is 0 Å². The highest BCUT2D eigenvalue weighted by molar-refractivity contribution is 5.97. The summed E-state index contributed by atoms with van der Waals surface area (Å²) in [4.78, 5) is 16.9. The Morgan fingerprint density at radius 1 is 1.04 bits per heavy atom. The predicted molar refractivity (Wildman–Crippen MR) is 93.7 cm³/mol. The Labute approximate surface area is 145 Å². The van der Waals surface area contributed by atoms with Crippen LogP contribution < -0.4 is 5.32 Å². The van der Waals surface area contributed by atoms with Crippen molar-refractivity contribution in [3.05, 3.63) is 76.9 Å². The molecule has 1 amide bonds. The number of carbonyl (C=O) groups is 1. The third-order valence-electron chi connectivity index (χ3n) is 5.23. The molecule has 0 saturated heterocycles. The standard InChI is InChI=1S/C20H18N4O/c25-20-16-8-2-1-5-14(16)11-17(23-20)19-21-12-22-24(19)18-10-4-7-13-6-3-9-15(13)18/h1-2,4-5,7-8,10,12,17H,3,6,9,11H2,(H,23,25). The number of fused-ring (bicyclic) bond motifs is 2. The number of nitrogens with zero attached hydrogens (tertiary/aromatic N) is 3. The van der Waals surface area contributed by atoms with E-state index in [0.717, 1.165) is 41.9 Å². The molecule has 1 atom stereocenters. The van der Waals surface area contributed by atoms with Crippen LogP contribution in [0.2, 0.25) is 0 Å². The summed E-state index contributed by atoms with van der Waals surface area (Å²) in [7, 11) is 0. The van der Waals surface area contributed by atoms with Gasteiger partial charge in [0.25, 0.3) is 5.91 Å². The number of hydrogen-bond acceptors (Lipinski definition) is 3. The highest BCUT2D eigenvalue weighted by atomic mass is 16.1. The highest BCUT2D eigenvalue weighted by Gasteiger charge is 2.29. The van der Waals surface area contributed by atoms with Crippen LogP contribution in [0.5, 0.6) is 0 Å². The fraction of sp³-hybridized carbons (Fsp3) is 0.250. The van der Waals surface area contributed by atoms with Crippen molar-refractivity contribution in [2.45, 2.75) is 31.7 Å². The first-order chi connectivity index (χ1) is 12.3. The lowest BCUT2D eigenvalue weighted by molar-refractivity contribution is 0.0922. The van der Waals surface area contributed by atoms with E-state index in [1.54, 1.807) is 6.33 Å². The second kappa shape index (κ2) is 5.55. The third-order valence-corrected chi connectivity index (χ3v) is 5.23. The molecule has 2 aromatic carbocycles. The lowest BCUT2D eigenvalue weighted by atomic mass is 9.95. The molecule has 0 saturated carbocycles. The lowest BCUT2D eigenvalue weighted by Crippen LogP contribution is -2.36. The zero-order valence-electron chi connectivity index (χ0n) is 13.8. The van der Waals surface area contributed by atoms with Gasteiger partial charge in [0.15, 0.2) is 5.82 Å². The Morgan fingerprint density at radius 3 is 2.88 bits per heavy atom. The normalized spacial score (nSPS) is 18.6. The van der Waals surface area contributed by atoms with Crippen molar-refractivity contribution >= 4 is 5.91 Å². The molecular weight excluding hydrogens is 312 g/mol. The average Bonchev–Trinajstić information content (AvgIpc) is 3.30. The highest BCUT2D eigenvalue weighted by Crippen LogP contribution is 2.30. The van der Waals surface area contributed by atoms with Gasteiger partial charge in [-0.05, 0) is 48.1 Å². The molecular formula is C20H18N4O. The molecule has 2 aliphatic rings. The monoisotopic (exact) mass is 330 g/mol. The van der Waals surface area contributed by atoms with E-state index in [-0.39, 0.29) is 11.9 Å². The number of benzene rings is 2. The summed E-state index contributed by atoms with van der Waals surface area (Å²) in [6.45, 7) is 0. The van der Waals surface area contributed by atoms with Crippen molar-refractivity contribution in [3.8, 4) is 5.69 Å². The molecule has 5 heteroatoms. The van der Waals surface area contributed by atoms with E-state index in [0.29, 0.717) is 0 Å². The van der Waals surface area contributed by atoms with Gasteiger partial charge in [-0.3, -0.25) is 4.79 Å². The van der Waals surface area contributed by atoms with Gasteiger partial charge in [0.2, 0.25) is 0 Å². The minimum Gasteiger partial charge on any atom is -0.342 e. The molecule has 1 aliphatic carbocycles. The smallest absolute Gasteiger partial charge is 0.252 e. The maximum atomic E-state index is 12.5. The number of aromatic nitrogens is 3. The van der Waals surface area contributed by atoms with Crippen molar-refractivity contribution < 1.29 is 4.79 Å².